The van der Waals surface area contributed by atoms with Gasteiger partial charge in [-0.3, -0.25) is 4.79 Å². The molecule has 0 radical (unpaired) electrons. The summed E-state index contributed by atoms with van der Waals surface area (Å²) in [5, 5.41) is 3.19. The lowest BCUT2D eigenvalue weighted by molar-refractivity contribution is -0.136. The van der Waals surface area contributed by atoms with E-state index in [2.05, 4.69) is 5.32 Å². The molecule has 4 nitrogen and oxygen atoms in total. The summed E-state index contributed by atoms with van der Waals surface area (Å²) in [5.41, 5.74) is 0. The zero-order chi connectivity index (χ0) is 11.3. The van der Waals surface area contributed by atoms with Gasteiger partial charge < -0.3 is 15.0 Å². The minimum atomic E-state index is 0.137. The molecule has 1 amide bonds. The van der Waals surface area contributed by atoms with Crippen LogP contribution in [0.2, 0.25) is 0 Å². The Kier molecular flexibility index (Phi) is 5.05. The van der Waals surface area contributed by atoms with Crippen molar-refractivity contribution >= 4 is 5.91 Å². The fraction of sp³-hybridized carbons (Fsp3) is 0.909. The van der Waals surface area contributed by atoms with Crippen molar-refractivity contribution in [2.75, 3.05) is 39.9 Å². The molecule has 0 aliphatic carbocycles. The van der Waals surface area contributed by atoms with Gasteiger partial charge >= 0.3 is 0 Å². The summed E-state index contributed by atoms with van der Waals surface area (Å²) in [6, 6.07) is 0. The summed E-state index contributed by atoms with van der Waals surface area (Å²) < 4.78 is 5.23. The van der Waals surface area contributed by atoms with Crippen molar-refractivity contribution in [3.8, 4) is 0 Å². The second-order valence-corrected chi connectivity index (χ2v) is 4.16. The molecule has 0 aromatic heterocycles. The number of hydrogen-bond donors (Lipinski definition) is 1. The standard InChI is InChI=1S/C11H22N2O2/c1-4-15-6-5-13(3)11(14)9(2)10-7-12-8-10/h9-10,12H,4-8H2,1-3H3. The van der Waals surface area contributed by atoms with E-state index < -0.39 is 0 Å². The van der Waals surface area contributed by atoms with Crippen LogP contribution in [0.4, 0.5) is 0 Å². The maximum Gasteiger partial charge on any atom is 0.225 e. The number of nitrogens with one attached hydrogen (secondary N) is 1. The van der Waals surface area contributed by atoms with Gasteiger partial charge in [0.25, 0.3) is 0 Å². The van der Waals surface area contributed by atoms with Crippen molar-refractivity contribution < 1.29 is 9.53 Å². The topological polar surface area (TPSA) is 41.6 Å². The van der Waals surface area contributed by atoms with Crippen molar-refractivity contribution in [3.05, 3.63) is 0 Å². The summed E-state index contributed by atoms with van der Waals surface area (Å²) in [5.74, 6) is 0.895. The Balaban J connectivity index is 2.24. The van der Waals surface area contributed by atoms with E-state index in [0.29, 0.717) is 25.7 Å². The van der Waals surface area contributed by atoms with Gasteiger partial charge in [0.15, 0.2) is 0 Å². The maximum atomic E-state index is 11.9. The highest BCUT2D eigenvalue weighted by atomic mass is 16.5. The second kappa shape index (κ2) is 6.08. The molecule has 1 rings (SSSR count). The molecule has 0 aromatic carbocycles. The van der Waals surface area contributed by atoms with Crippen LogP contribution in [0.3, 0.4) is 0 Å². The highest BCUT2D eigenvalue weighted by Crippen LogP contribution is 2.17. The lowest BCUT2D eigenvalue weighted by Crippen LogP contribution is -2.50. The summed E-state index contributed by atoms with van der Waals surface area (Å²) in [6.45, 7) is 7.98. The molecular weight excluding hydrogens is 192 g/mol. The smallest absolute Gasteiger partial charge is 0.225 e. The molecule has 1 fully saturated rings. The molecule has 0 spiro atoms. The molecule has 1 saturated heterocycles. The number of amides is 1. The predicted molar refractivity (Wildman–Crippen MR) is 59.7 cm³/mol. The monoisotopic (exact) mass is 214 g/mol. The Morgan fingerprint density at radius 3 is 2.73 bits per heavy atom. The largest absolute Gasteiger partial charge is 0.380 e. The van der Waals surface area contributed by atoms with E-state index in [1.165, 1.54) is 0 Å². The van der Waals surface area contributed by atoms with Crippen molar-refractivity contribution in [2.24, 2.45) is 11.8 Å². The fourth-order valence-corrected chi connectivity index (χ4v) is 1.67. The van der Waals surface area contributed by atoms with Gasteiger partial charge in [-0.05, 0) is 25.9 Å². The summed E-state index contributed by atoms with van der Waals surface area (Å²) in [7, 11) is 1.85. The molecule has 1 unspecified atom stereocenters. The van der Waals surface area contributed by atoms with Crippen LogP contribution in [0.25, 0.3) is 0 Å². The van der Waals surface area contributed by atoms with Crippen LogP contribution in [-0.4, -0.2) is 50.7 Å². The Morgan fingerprint density at radius 1 is 1.60 bits per heavy atom. The number of likely N-dealkylation sites (N-methyl/N-ethyl adjacent to an activating group) is 1. The molecular formula is C11H22N2O2. The van der Waals surface area contributed by atoms with E-state index in [1.807, 2.05) is 20.9 Å². The molecule has 1 heterocycles. The average molecular weight is 214 g/mol. The normalized spacial score (nSPS) is 18.3. The molecule has 15 heavy (non-hydrogen) atoms. The third-order valence-corrected chi connectivity index (χ3v) is 3.06. The van der Waals surface area contributed by atoms with E-state index in [1.54, 1.807) is 4.90 Å². The Morgan fingerprint density at radius 2 is 2.27 bits per heavy atom. The second-order valence-electron chi connectivity index (χ2n) is 4.16. The lowest BCUT2D eigenvalue weighted by atomic mass is 9.88. The zero-order valence-corrected chi connectivity index (χ0v) is 9.95. The fourth-order valence-electron chi connectivity index (χ4n) is 1.67. The van der Waals surface area contributed by atoms with Gasteiger partial charge in [-0.2, -0.15) is 0 Å². The van der Waals surface area contributed by atoms with E-state index in [-0.39, 0.29) is 11.8 Å². The first-order valence-corrected chi connectivity index (χ1v) is 5.70. The number of carbonyl (C=O) groups is 1. The summed E-state index contributed by atoms with van der Waals surface area (Å²) in [4.78, 5) is 13.7. The highest BCUT2D eigenvalue weighted by molar-refractivity contribution is 5.78. The molecule has 0 saturated carbocycles. The molecule has 4 heteroatoms. The van der Waals surface area contributed by atoms with E-state index in [0.717, 1.165) is 13.1 Å². The van der Waals surface area contributed by atoms with E-state index in [4.69, 9.17) is 4.74 Å². The molecule has 1 aliphatic heterocycles. The van der Waals surface area contributed by atoms with Gasteiger partial charge in [-0.15, -0.1) is 0 Å². The summed E-state index contributed by atoms with van der Waals surface area (Å²) in [6.07, 6.45) is 0. The van der Waals surface area contributed by atoms with Gasteiger partial charge in [0.2, 0.25) is 5.91 Å². The number of ether oxygens (including phenoxy) is 1. The highest BCUT2D eigenvalue weighted by Gasteiger charge is 2.30. The van der Waals surface area contributed by atoms with Gasteiger partial charge in [0.1, 0.15) is 0 Å². The zero-order valence-electron chi connectivity index (χ0n) is 9.95. The molecule has 1 N–H and O–H groups in total. The molecule has 88 valence electrons. The van der Waals surface area contributed by atoms with Crippen molar-refractivity contribution in [1.29, 1.82) is 0 Å². The molecule has 1 atom stereocenters. The quantitative estimate of drug-likeness (QED) is 0.648. The van der Waals surface area contributed by atoms with E-state index in [9.17, 15) is 4.79 Å². The third-order valence-electron chi connectivity index (χ3n) is 3.06. The minimum absolute atomic E-state index is 0.137. The minimum Gasteiger partial charge on any atom is -0.380 e. The number of rotatable bonds is 6. The van der Waals surface area contributed by atoms with Crippen LogP contribution in [0.1, 0.15) is 13.8 Å². The molecule has 0 aromatic rings. The Hall–Kier alpha value is -0.610. The third kappa shape index (κ3) is 3.47. The predicted octanol–water partition coefficient (Wildman–Crippen LogP) is 0.337. The number of nitrogens with zero attached hydrogens (tertiary/aromatic N) is 1. The van der Waals surface area contributed by atoms with Crippen LogP contribution in [0, 0.1) is 11.8 Å². The average Bonchev–Trinajstić information content (AvgIpc) is 2.14. The van der Waals surface area contributed by atoms with Gasteiger partial charge in [-0.25, -0.2) is 0 Å². The van der Waals surface area contributed by atoms with Crippen LogP contribution >= 0.6 is 0 Å². The first-order chi connectivity index (χ1) is 7.16. The number of carbonyl (C=O) groups excluding carboxylic acids is 1. The molecule has 1 aliphatic rings. The first kappa shape index (κ1) is 12.5. The van der Waals surface area contributed by atoms with Crippen molar-refractivity contribution in [2.45, 2.75) is 13.8 Å². The van der Waals surface area contributed by atoms with Gasteiger partial charge in [-0.1, -0.05) is 6.92 Å². The van der Waals surface area contributed by atoms with Gasteiger partial charge in [0, 0.05) is 26.1 Å². The van der Waals surface area contributed by atoms with Crippen molar-refractivity contribution in [3.63, 3.8) is 0 Å². The summed E-state index contributed by atoms with van der Waals surface area (Å²) >= 11 is 0. The van der Waals surface area contributed by atoms with Crippen molar-refractivity contribution in [1.82, 2.24) is 10.2 Å². The van der Waals surface area contributed by atoms with E-state index >= 15 is 0 Å². The lowest BCUT2D eigenvalue weighted by Gasteiger charge is -2.33. The van der Waals surface area contributed by atoms with Gasteiger partial charge in [0.05, 0.1) is 6.61 Å². The maximum absolute atomic E-state index is 11.9. The van der Waals surface area contributed by atoms with Crippen LogP contribution in [-0.2, 0) is 9.53 Å². The van der Waals surface area contributed by atoms with Crippen LogP contribution in [0.5, 0.6) is 0 Å². The first-order valence-electron chi connectivity index (χ1n) is 5.70. The number of hydrogen-bond acceptors (Lipinski definition) is 3. The van der Waals surface area contributed by atoms with Crippen LogP contribution in [0.15, 0.2) is 0 Å². The van der Waals surface area contributed by atoms with Crippen LogP contribution < -0.4 is 5.32 Å². The SMILES string of the molecule is CCOCCN(C)C(=O)C(C)C1CNC1. The molecule has 0 bridgehead atoms. The Labute approximate surface area is 92.0 Å². The Bertz CT molecular complexity index is 205.